The maximum Gasteiger partial charge on any atom is 0.146 e. The molecule has 1 N–H and O–H groups in total. The second kappa shape index (κ2) is 6.01. The quantitative estimate of drug-likeness (QED) is 0.847. The number of anilines is 1. The van der Waals surface area contributed by atoms with Gasteiger partial charge in [0, 0.05) is 25.7 Å². The van der Waals surface area contributed by atoms with Crippen LogP contribution in [0, 0.1) is 5.82 Å². The summed E-state index contributed by atoms with van der Waals surface area (Å²) in [6, 6.07) is 5.95. The number of rotatable bonds is 5. The van der Waals surface area contributed by atoms with Gasteiger partial charge in [-0.15, -0.1) is 0 Å². The van der Waals surface area contributed by atoms with Gasteiger partial charge in [0.25, 0.3) is 0 Å². The summed E-state index contributed by atoms with van der Waals surface area (Å²) in [6.07, 6.45) is 0. The lowest BCUT2D eigenvalue weighted by Crippen LogP contribution is -2.29. The molecule has 0 aliphatic rings. The molecule has 0 aliphatic carbocycles. The van der Waals surface area contributed by atoms with Crippen LogP contribution in [-0.2, 0) is 6.54 Å². The van der Waals surface area contributed by atoms with Gasteiger partial charge in [-0.3, -0.25) is 0 Å². The van der Waals surface area contributed by atoms with Gasteiger partial charge < -0.3 is 10.2 Å². The minimum atomic E-state index is -0.149. The summed E-state index contributed by atoms with van der Waals surface area (Å²) in [4.78, 5) is 1.98. The lowest BCUT2D eigenvalue weighted by atomic mass is 10.1. The Balaban J connectivity index is 2.99. The van der Waals surface area contributed by atoms with Crippen molar-refractivity contribution in [3.63, 3.8) is 0 Å². The van der Waals surface area contributed by atoms with E-state index in [2.05, 4.69) is 33.0 Å². The predicted molar refractivity (Wildman–Crippen MR) is 71.9 cm³/mol. The molecule has 2 nitrogen and oxygen atoms in total. The number of para-hydroxylation sites is 1. The van der Waals surface area contributed by atoms with Crippen molar-refractivity contribution in [3.05, 3.63) is 29.6 Å². The molecule has 96 valence electrons. The van der Waals surface area contributed by atoms with Gasteiger partial charge in [-0.2, -0.15) is 0 Å². The first-order valence-corrected chi connectivity index (χ1v) is 6.17. The van der Waals surface area contributed by atoms with Crippen molar-refractivity contribution in [2.45, 2.75) is 46.3 Å². The van der Waals surface area contributed by atoms with Gasteiger partial charge in [0.1, 0.15) is 5.82 Å². The Bertz CT molecular complexity index is 361. The van der Waals surface area contributed by atoms with Gasteiger partial charge in [0.05, 0.1) is 5.69 Å². The van der Waals surface area contributed by atoms with E-state index < -0.39 is 0 Å². The third kappa shape index (κ3) is 3.70. The first-order chi connectivity index (χ1) is 7.93. The van der Waals surface area contributed by atoms with Gasteiger partial charge in [-0.25, -0.2) is 4.39 Å². The topological polar surface area (TPSA) is 15.3 Å². The zero-order valence-corrected chi connectivity index (χ0v) is 11.4. The van der Waals surface area contributed by atoms with Crippen molar-refractivity contribution >= 4 is 5.69 Å². The number of nitrogens with one attached hydrogen (secondary N) is 1. The highest BCUT2D eigenvalue weighted by atomic mass is 19.1. The summed E-state index contributed by atoms with van der Waals surface area (Å²) in [5.74, 6) is -0.149. The molecule has 0 saturated heterocycles. The van der Waals surface area contributed by atoms with Crippen molar-refractivity contribution in [1.29, 1.82) is 0 Å². The molecule has 0 amide bonds. The van der Waals surface area contributed by atoms with E-state index >= 15 is 0 Å². The summed E-state index contributed by atoms with van der Waals surface area (Å²) in [5.41, 5.74) is 1.71. The Labute approximate surface area is 104 Å². The minimum Gasteiger partial charge on any atom is -0.370 e. The molecule has 0 bridgehead atoms. The molecule has 1 aromatic carbocycles. The molecule has 3 heteroatoms. The van der Waals surface area contributed by atoms with Crippen molar-refractivity contribution in [2.24, 2.45) is 0 Å². The maximum absolute atomic E-state index is 13.9. The summed E-state index contributed by atoms with van der Waals surface area (Å²) in [6.45, 7) is 9.00. The second-order valence-electron chi connectivity index (χ2n) is 4.99. The highest BCUT2D eigenvalue weighted by Crippen LogP contribution is 2.25. The van der Waals surface area contributed by atoms with Crippen LogP contribution in [0.4, 0.5) is 10.1 Å². The Morgan fingerprint density at radius 1 is 1.24 bits per heavy atom. The van der Waals surface area contributed by atoms with Crippen molar-refractivity contribution in [3.8, 4) is 0 Å². The van der Waals surface area contributed by atoms with E-state index in [1.54, 1.807) is 6.07 Å². The van der Waals surface area contributed by atoms with E-state index in [4.69, 9.17) is 0 Å². The predicted octanol–water partition coefficient (Wildman–Crippen LogP) is 3.17. The average molecular weight is 238 g/mol. The Morgan fingerprint density at radius 3 is 2.41 bits per heavy atom. The smallest absolute Gasteiger partial charge is 0.146 e. The molecule has 17 heavy (non-hydrogen) atoms. The number of hydrogen-bond donors (Lipinski definition) is 1. The van der Waals surface area contributed by atoms with Gasteiger partial charge in [0.2, 0.25) is 0 Å². The van der Waals surface area contributed by atoms with Crippen LogP contribution in [0.2, 0.25) is 0 Å². The largest absolute Gasteiger partial charge is 0.370 e. The zero-order chi connectivity index (χ0) is 13.0. The van der Waals surface area contributed by atoms with E-state index in [0.717, 1.165) is 5.56 Å². The molecule has 1 aromatic rings. The SMILES string of the molecule is CC(C)NCc1cccc(F)c1N(C)C(C)C. The Hall–Kier alpha value is -1.09. The van der Waals surface area contributed by atoms with Crippen molar-refractivity contribution < 1.29 is 4.39 Å². The molecule has 0 unspecified atom stereocenters. The standard InChI is InChI=1S/C14H23FN2/c1-10(2)16-9-12-7-6-8-13(15)14(12)17(5)11(3)4/h6-8,10-11,16H,9H2,1-5H3. The minimum absolute atomic E-state index is 0.149. The van der Waals surface area contributed by atoms with Crippen LogP contribution in [0.15, 0.2) is 18.2 Å². The first kappa shape index (κ1) is 14.0. The highest BCUT2D eigenvalue weighted by Gasteiger charge is 2.14. The molecule has 0 atom stereocenters. The molecule has 1 rings (SSSR count). The van der Waals surface area contributed by atoms with Crippen molar-refractivity contribution in [2.75, 3.05) is 11.9 Å². The number of hydrogen-bond acceptors (Lipinski definition) is 2. The van der Waals surface area contributed by atoms with Crippen molar-refractivity contribution in [1.82, 2.24) is 5.32 Å². The third-order valence-electron chi connectivity index (χ3n) is 2.90. The van der Waals surface area contributed by atoms with Gasteiger partial charge in [0.15, 0.2) is 0 Å². The molecule has 0 aliphatic heterocycles. The Morgan fingerprint density at radius 2 is 1.88 bits per heavy atom. The lowest BCUT2D eigenvalue weighted by Gasteiger charge is -2.27. The van der Waals surface area contributed by atoms with Crippen LogP contribution in [-0.4, -0.2) is 19.1 Å². The fourth-order valence-electron chi connectivity index (χ4n) is 1.67. The fraction of sp³-hybridized carbons (Fsp3) is 0.571. The molecular weight excluding hydrogens is 215 g/mol. The molecular formula is C14H23FN2. The molecule has 0 radical (unpaired) electrons. The van der Waals surface area contributed by atoms with Gasteiger partial charge >= 0.3 is 0 Å². The van der Waals surface area contributed by atoms with Crippen LogP contribution in [0.3, 0.4) is 0 Å². The molecule has 0 spiro atoms. The molecule has 0 saturated carbocycles. The van der Waals surface area contributed by atoms with E-state index in [0.29, 0.717) is 18.3 Å². The molecule has 0 aromatic heterocycles. The monoisotopic (exact) mass is 238 g/mol. The van der Waals surface area contributed by atoms with Crippen LogP contribution in [0.1, 0.15) is 33.3 Å². The van der Waals surface area contributed by atoms with E-state index in [-0.39, 0.29) is 11.9 Å². The maximum atomic E-state index is 13.9. The third-order valence-corrected chi connectivity index (χ3v) is 2.90. The van der Waals surface area contributed by atoms with E-state index in [1.165, 1.54) is 6.07 Å². The summed E-state index contributed by atoms with van der Waals surface area (Å²) >= 11 is 0. The average Bonchev–Trinajstić information content (AvgIpc) is 2.25. The fourth-order valence-corrected chi connectivity index (χ4v) is 1.67. The van der Waals surface area contributed by atoms with Crippen LogP contribution < -0.4 is 10.2 Å². The molecule has 0 heterocycles. The molecule has 0 fully saturated rings. The van der Waals surface area contributed by atoms with E-state index in [9.17, 15) is 4.39 Å². The van der Waals surface area contributed by atoms with Gasteiger partial charge in [-0.05, 0) is 25.5 Å². The Kier molecular flexibility index (Phi) is 4.94. The first-order valence-electron chi connectivity index (χ1n) is 6.17. The second-order valence-corrected chi connectivity index (χ2v) is 4.99. The number of nitrogens with zero attached hydrogens (tertiary/aromatic N) is 1. The van der Waals surface area contributed by atoms with Crippen LogP contribution >= 0.6 is 0 Å². The summed E-state index contributed by atoms with van der Waals surface area (Å²) in [5, 5.41) is 3.33. The summed E-state index contributed by atoms with van der Waals surface area (Å²) < 4.78 is 13.9. The van der Waals surface area contributed by atoms with Crippen LogP contribution in [0.25, 0.3) is 0 Å². The number of benzene rings is 1. The normalized spacial score (nSPS) is 11.3. The summed E-state index contributed by atoms with van der Waals surface area (Å²) in [7, 11) is 1.93. The number of halogens is 1. The lowest BCUT2D eigenvalue weighted by molar-refractivity contribution is 0.576. The van der Waals surface area contributed by atoms with E-state index in [1.807, 2.05) is 18.0 Å². The zero-order valence-electron chi connectivity index (χ0n) is 11.4. The highest BCUT2D eigenvalue weighted by molar-refractivity contribution is 5.54. The van der Waals surface area contributed by atoms with Crippen LogP contribution in [0.5, 0.6) is 0 Å². The van der Waals surface area contributed by atoms with Gasteiger partial charge in [-0.1, -0.05) is 26.0 Å².